The third-order valence-electron chi connectivity index (χ3n) is 3.58. The van der Waals surface area contributed by atoms with Crippen LogP contribution >= 0.6 is 15.9 Å². The van der Waals surface area contributed by atoms with Crippen molar-refractivity contribution in [2.75, 3.05) is 12.4 Å². The van der Waals surface area contributed by atoms with Crippen molar-refractivity contribution in [2.45, 2.75) is 20.0 Å². The molecule has 136 valence electrons. The van der Waals surface area contributed by atoms with Gasteiger partial charge < -0.3 is 14.8 Å². The number of anilines is 1. The van der Waals surface area contributed by atoms with Crippen molar-refractivity contribution in [3.63, 3.8) is 0 Å². The van der Waals surface area contributed by atoms with Gasteiger partial charge in [0.1, 0.15) is 5.75 Å². The van der Waals surface area contributed by atoms with Crippen molar-refractivity contribution in [3.05, 3.63) is 64.1 Å². The molecule has 0 radical (unpaired) electrons. The highest BCUT2D eigenvalue weighted by Gasteiger charge is 2.18. The van der Waals surface area contributed by atoms with E-state index >= 15 is 0 Å². The summed E-state index contributed by atoms with van der Waals surface area (Å²) in [6.45, 7) is 3.42. The molecule has 0 aliphatic carbocycles. The van der Waals surface area contributed by atoms with E-state index < -0.39 is 18.0 Å². The summed E-state index contributed by atoms with van der Waals surface area (Å²) in [5.41, 5.74) is 2.34. The molecule has 2 aromatic carbocycles. The summed E-state index contributed by atoms with van der Waals surface area (Å²) >= 11 is 3.40. The highest BCUT2D eigenvalue weighted by molar-refractivity contribution is 9.10. The molecule has 0 bridgehead atoms. The summed E-state index contributed by atoms with van der Waals surface area (Å²) in [5.74, 6) is -0.493. The molecule has 1 atom stereocenters. The number of halogens is 1. The van der Waals surface area contributed by atoms with Gasteiger partial charge in [-0.25, -0.2) is 4.79 Å². The average Bonchev–Trinajstić information content (AvgIpc) is 2.61. The fourth-order valence-electron chi connectivity index (χ4n) is 2.19. The van der Waals surface area contributed by atoms with Gasteiger partial charge in [0.05, 0.1) is 12.8 Å². The molecule has 1 N–H and O–H groups in total. The maximum atomic E-state index is 12.3. The van der Waals surface area contributed by atoms with Crippen LogP contribution in [0, 0.1) is 6.92 Å². The van der Waals surface area contributed by atoms with Crippen molar-refractivity contribution >= 4 is 39.6 Å². The molecule has 1 amide bonds. The first-order chi connectivity index (χ1) is 12.4. The van der Waals surface area contributed by atoms with E-state index in [2.05, 4.69) is 21.2 Å². The minimum absolute atomic E-state index is 0.434. The summed E-state index contributed by atoms with van der Waals surface area (Å²) in [6, 6.07) is 12.9. The van der Waals surface area contributed by atoms with E-state index in [1.54, 1.807) is 18.2 Å². The minimum Gasteiger partial charge on any atom is -0.495 e. The average molecular weight is 418 g/mol. The molecule has 2 rings (SSSR count). The number of carbonyl (C=O) groups excluding carboxylic acids is 2. The zero-order valence-corrected chi connectivity index (χ0v) is 16.4. The van der Waals surface area contributed by atoms with E-state index in [0.717, 1.165) is 15.6 Å². The van der Waals surface area contributed by atoms with E-state index in [1.807, 2.05) is 37.3 Å². The number of aryl methyl sites for hydroxylation is 1. The Labute approximate surface area is 161 Å². The maximum Gasteiger partial charge on any atom is 0.331 e. The van der Waals surface area contributed by atoms with E-state index in [-0.39, 0.29) is 0 Å². The molecule has 0 saturated carbocycles. The normalized spacial score (nSPS) is 11.8. The van der Waals surface area contributed by atoms with Crippen LogP contribution in [0.4, 0.5) is 5.69 Å². The lowest BCUT2D eigenvalue weighted by atomic mass is 10.2. The Morgan fingerprint density at radius 1 is 1.19 bits per heavy atom. The lowest BCUT2D eigenvalue weighted by Gasteiger charge is -2.15. The molecule has 6 heteroatoms. The van der Waals surface area contributed by atoms with Crippen LogP contribution < -0.4 is 10.1 Å². The molecule has 2 aromatic rings. The molecule has 0 unspecified atom stereocenters. The monoisotopic (exact) mass is 417 g/mol. The predicted octanol–water partition coefficient (Wildman–Crippen LogP) is 4.35. The fraction of sp³-hybridized carbons (Fsp3) is 0.200. The van der Waals surface area contributed by atoms with Gasteiger partial charge in [0.15, 0.2) is 6.10 Å². The molecule has 0 spiro atoms. The van der Waals surface area contributed by atoms with Crippen molar-refractivity contribution < 1.29 is 19.1 Å². The van der Waals surface area contributed by atoms with Gasteiger partial charge in [-0.1, -0.05) is 40.2 Å². The number of esters is 1. The van der Waals surface area contributed by atoms with Gasteiger partial charge in [0, 0.05) is 10.5 Å². The van der Waals surface area contributed by atoms with Crippen molar-refractivity contribution in [3.8, 4) is 5.75 Å². The Hall–Kier alpha value is -2.60. The van der Waals surface area contributed by atoms with Crippen LogP contribution in [-0.2, 0) is 14.3 Å². The van der Waals surface area contributed by atoms with E-state index in [9.17, 15) is 9.59 Å². The minimum atomic E-state index is -0.948. The molecule has 0 fully saturated rings. The van der Waals surface area contributed by atoms with Gasteiger partial charge in [0.25, 0.3) is 5.91 Å². The van der Waals surface area contributed by atoms with Crippen LogP contribution in [0.2, 0.25) is 0 Å². The first-order valence-corrected chi connectivity index (χ1v) is 8.78. The summed E-state index contributed by atoms with van der Waals surface area (Å²) in [4.78, 5) is 24.2. The highest BCUT2D eigenvalue weighted by Crippen LogP contribution is 2.25. The van der Waals surface area contributed by atoms with Gasteiger partial charge in [-0.3, -0.25) is 4.79 Å². The first kappa shape index (κ1) is 19.7. The molecular formula is C20H20BrNO4. The number of ether oxygens (including phenoxy) is 2. The smallest absolute Gasteiger partial charge is 0.331 e. The molecule has 0 heterocycles. The van der Waals surface area contributed by atoms with Crippen LogP contribution in [0.25, 0.3) is 6.08 Å². The number of methoxy groups -OCH3 is 1. The van der Waals surface area contributed by atoms with Crippen molar-refractivity contribution in [1.29, 1.82) is 0 Å². The second-order valence-corrected chi connectivity index (χ2v) is 6.48. The van der Waals surface area contributed by atoms with E-state index in [1.165, 1.54) is 20.1 Å². The number of carbonyl (C=O) groups is 2. The fourth-order valence-corrected chi connectivity index (χ4v) is 2.61. The maximum absolute atomic E-state index is 12.3. The Morgan fingerprint density at radius 3 is 2.62 bits per heavy atom. The Bertz CT molecular complexity index is 832. The Balaban J connectivity index is 1.97. The summed E-state index contributed by atoms with van der Waals surface area (Å²) in [6.07, 6.45) is 1.97. The molecular weight excluding hydrogens is 398 g/mol. The van der Waals surface area contributed by atoms with Crippen LogP contribution in [0.3, 0.4) is 0 Å². The number of hydrogen-bond donors (Lipinski definition) is 1. The summed E-state index contributed by atoms with van der Waals surface area (Å²) in [7, 11) is 1.52. The molecule has 5 nitrogen and oxygen atoms in total. The zero-order valence-electron chi connectivity index (χ0n) is 14.8. The van der Waals surface area contributed by atoms with Gasteiger partial charge in [-0.2, -0.15) is 0 Å². The number of rotatable bonds is 6. The quantitative estimate of drug-likeness (QED) is 0.560. The molecule has 0 aliphatic rings. The van der Waals surface area contributed by atoms with Gasteiger partial charge in [0.2, 0.25) is 0 Å². The first-order valence-electron chi connectivity index (χ1n) is 7.99. The molecule has 26 heavy (non-hydrogen) atoms. The second kappa shape index (κ2) is 9.20. The van der Waals surface area contributed by atoms with Crippen LogP contribution in [0.15, 0.2) is 53.0 Å². The largest absolute Gasteiger partial charge is 0.495 e. The summed E-state index contributed by atoms with van der Waals surface area (Å²) in [5, 5.41) is 2.72. The third-order valence-corrected chi connectivity index (χ3v) is 4.30. The van der Waals surface area contributed by atoms with E-state index in [0.29, 0.717) is 11.4 Å². The predicted molar refractivity (Wildman–Crippen MR) is 105 cm³/mol. The van der Waals surface area contributed by atoms with Crippen LogP contribution in [0.1, 0.15) is 18.1 Å². The number of nitrogens with one attached hydrogen (secondary N) is 1. The number of hydrogen-bond acceptors (Lipinski definition) is 4. The Kier molecular flexibility index (Phi) is 6.97. The second-order valence-electron chi connectivity index (χ2n) is 5.63. The van der Waals surface area contributed by atoms with E-state index in [4.69, 9.17) is 9.47 Å². The number of benzene rings is 2. The zero-order chi connectivity index (χ0) is 19.1. The lowest BCUT2D eigenvalue weighted by molar-refractivity contribution is -0.148. The number of amides is 1. The lowest BCUT2D eigenvalue weighted by Crippen LogP contribution is -2.29. The standard InChI is InChI=1S/C20H20BrNO4/c1-13-8-10-18(25-3)17(12-13)22-20(24)14(2)26-19(23)11-9-15-6-4-5-7-16(15)21/h4-12,14H,1-3H3,(H,22,24)/b11-9+/t14-/m1/s1. The molecule has 0 saturated heterocycles. The molecule has 0 aliphatic heterocycles. The molecule has 0 aromatic heterocycles. The van der Waals surface area contributed by atoms with Crippen LogP contribution in [-0.4, -0.2) is 25.1 Å². The van der Waals surface area contributed by atoms with Crippen molar-refractivity contribution in [2.24, 2.45) is 0 Å². The van der Waals surface area contributed by atoms with Gasteiger partial charge >= 0.3 is 5.97 Å². The van der Waals surface area contributed by atoms with Gasteiger partial charge in [-0.05, 0) is 49.2 Å². The van der Waals surface area contributed by atoms with Crippen LogP contribution in [0.5, 0.6) is 5.75 Å². The third kappa shape index (κ3) is 5.46. The summed E-state index contributed by atoms with van der Waals surface area (Å²) < 4.78 is 11.2. The SMILES string of the molecule is COc1ccc(C)cc1NC(=O)[C@@H](C)OC(=O)/C=C/c1ccccc1Br. The Morgan fingerprint density at radius 2 is 1.92 bits per heavy atom. The highest BCUT2D eigenvalue weighted by atomic mass is 79.9. The van der Waals surface area contributed by atoms with Crippen molar-refractivity contribution in [1.82, 2.24) is 0 Å². The topological polar surface area (TPSA) is 64.6 Å². The van der Waals surface area contributed by atoms with Gasteiger partial charge in [-0.15, -0.1) is 0 Å².